The van der Waals surface area contributed by atoms with Gasteiger partial charge in [0.1, 0.15) is 17.3 Å². The number of esters is 1. The summed E-state index contributed by atoms with van der Waals surface area (Å²) >= 11 is 0. The summed E-state index contributed by atoms with van der Waals surface area (Å²) in [5.74, 6) is 1.88. The van der Waals surface area contributed by atoms with E-state index >= 15 is 0 Å². The smallest absolute Gasteiger partial charge is 0.358 e. The van der Waals surface area contributed by atoms with Crippen molar-refractivity contribution in [1.29, 1.82) is 0 Å². The highest BCUT2D eigenvalue weighted by atomic mass is 16.5. The number of carbonyl (C=O) groups is 1. The van der Waals surface area contributed by atoms with Gasteiger partial charge >= 0.3 is 5.97 Å². The highest BCUT2D eigenvalue weighted by molar-refractivity contribution is 5.86. The van der Waals surface area contributed by atoms with Crippen molar-refractivity contribution in [2.75, 3.05) is 25.5 Å². The number of aromatic nitrogens is 2. The molecular weight excluding hydrogens is 408 g/mol. The lowest BCUT2D eigenvalue weighted by Crippen LogP contribution is -2.38. The molecule has 32 heavy (non-hydrogen) atoms. The van der Waals surface area contributed by atoms with E-state index in [1.807, 2.05) is 33.8 Å². The van der Waals surface area contributed by atoms with Crippen LogP contribution in [-0.2, 0) is 11.3 Å². The first kappa shape index (κ1) is 23.8. The normalized spacial score (nSPS) is 15.1. The second-order valence-corrected chi connectivity index (χ2v) is 8.62. The number of hydrogen-bond donors (Lipinski definition) is 1. The van der Waals surface area contributed by atoms with Gasteiger partial charge in [-0.1, -0.05) is 0 Å². The van der Waals surface area contributed by atoms with E-state index < -0.39 is 5.97 Å². The molecule has 0 bridgehead atoms. The number of anilines is 1. The van der Waals surface area contributed by atoms with Crippen LogP contribution in [0.5, 0.6) is 11.5 Å². The Morgan fingerprint density at radius 2 is 1.66 bits per heavy atom. The molecule has 8 heteroatoms. The third-order valence-electron chi connectivity index (χ3n) is 5.08. The molecule has 8 nitrogen and oxygen atoms in total. The lowest BCUT2D eigenvalue weighted by molar-refractivity contribution is 0.0593. The summed E-state index contributed by atoms with van der Waals surface area (Å²) in [4.78, 5) is 22.3. The zero-order valence-electron chi connectivity index (χ0n) is 19.6. The molecule has 1 N–H and O–H groups in total. The lowest BCUT2D eigenvalue weighted by atomic mass is 10.0. The predicted molar refractivity (Wildman–Crippen MR) is 123 cm³/mol. The molecule has 0 saturated carbocycles. The minimum atomic E-state index is -0.484. The molecule has 1 fully saturated rings. The Morgan fingerprint density at radius 1 is 1.03 bits per heavy atom. The number of likely N-dealkylation sites (tertiary alicyclic amines) is 1. The van der Waals surface area contributed by atoms with E-state index in [4.69, 9.17) is 9.47 Å². The maximum Gasteiger partial charge on any atom is 0.358 e. The van der Waals surface area contributed by atoms with E-state index in [1.165, 1.54) is 18.9 Å². The number of piperidine rings is 1. The van der Waals surface area contributed by atoms with Gasteiger partial charge in [-0.3, -0.25) is 4.90 Å². The predicted octanol–water partition coefficient (Wildman–Crippen LogP) is 3.91. The van der Waals surface area contributed by atoms with Crippen molar-refractivity contribution in [2.45, 2.75) is 65.3 Å². The van der Waals surface area contributed by atoms with Gasteiger partial charge in [-0.2, -0.15) is 0 Å². The molecule has 0 aliphatic carbocycles. The van der Waals surface area contributed by atoms with Gasteiger partial charge < -0.3 is 19.5 Å². The molecule has 0 radical (unpaired) electrons. The topological polar surface area (TPSA) is 85.8 Å². The Morgan fingerprint density at radius 3 is 2.16 bits per heavy atom. The van der Waals surface area contributed by atoms with Crippen molar-refractivity contribution in [3.05, 3.63) is 41.9 Å². The van der Waals surface area contributed by atoms with Gasteiger partial charge in [0.15, 0.2) is 5.69 Å². The first-order chi connectivity index (χ1) is 15.3. The maximum absolute atomic E-state index is 11.5. The molecule has 2 aromatic rings. The minimum absolute atomic E-state index is 0.115. The van der Waals surface area contributed by atoms with Crippen molar-refractivity contribution in [1.82, 2.24) is 14.9 Å². The van der Waals surface area contributed by atoms with Gasteiger partial charge in [0, 0.05) is 31.7 Å². The molecule has 3 rings (SSSR count). The van der Waals surface area contributed by atoms with Crippen molar-refractivity contribution in [3.8, 4) is 11.5 Å². The monoisotopic (exact) mass is 442 g/mol. The standard InChI is InChI=1S/C24H34N4O4/c1-16(2)31-20-10-18(11-21(12-20)32-17(3)4)15-28-8-6-19(7-9-28)27-23-14-25-22(13-26-23)24(29)30-5/h10-14,16-17,19H,6-9,15H2,1-5H3,(H,26,27). The number of rotatable bonds is 9. The number of ether oxygens (including phenoxy) is 3. The lowest BCUT2D eigenvalue weighted by Gasteiger charge is -2.32. The van der Waals surface area contributed by atoms with E-state index in [1.54, 1.807) is 6.20 Å². The zero-order chi connectivity index (χ0) is 23.1. The van der Waals surface area contributed by atoms with Crippen molar-refractivity contribution < 1.29 is 19.0 Å². The number of hydrogen-bond acceptors (Lipinski definition) is 8. The molecule has 0 unspecified atom stereocenters. The number of nitrogens with zero attached hydrogens (tertiary/aromatic N) is 3. The minimum Gasteiger partial charge on any atom is -0.491 e. The summed E-state index contributed by atoms with van der Waals surface area (Å²) in [6.45, 7) is 10.9. The van der Waals surface area contributed by atoms with Crippen LogP contribution in [0.25, 0.3) is 0 Å². The van der Waals surface area contributed by atoms with Gasteiger partial charge in [-0.15, -0.1) is 0 Å². The summed E-state index contributed by atoms with van der Waals surface area (Å²) < 4.78 is 16.5. The van der Waals surface area contributed by atoms with Crippen LogP contribution in [0.15, 0.2) is 30.6 Å². The summed E-state index contributed by atoms with van der Waals surface area (Å²) in [7, 11) is 1.33. The van der Waals surface area contributed by atoms with Crippen LogP contribution in [-0.4, -0.2) is 59.3 Å². The summed E-state index contributed by atoms with van der Waals surface area (Å²) in [5.41, 5.74) is 1.40. The van der Waals surface area contributed by atoms with Crippen LogP contribution in [0.2, 0.25) is 0 Å². The van der Waals surface area contributed by atoms with E-state index in [0.717, 1.165) is 44.0 Å². The highest BCUT2D eigenvalue weighted by Gasteiger charge is 2.20. The van der Waals surface area contributed by atoms with Crippen molar-refractivity contribution >= 4 is 11.8 Å². The van der Waals surface area contributed by atoms with Crippen molar-refractivity contribution in [2.24, 2.45) is 0 Å². The average Bonchev–Trinajstić information content (AvgIpc) is 2.74. The molecular formula is C24H34N4O4. The van der Waals surface area contributed by atoms with Gasteiger partial charge in [0.25, 0.3) is 0 Å². The zero-order valence-corrected chi connectivity index (χ0v) is 19.6. The fraction of sp³-hybridized carbons (Fsp3) is 0.542. The molecule has 1 saturated heterocycles. The Bertz CT molecular complexity index is 850. The second kappa shape index (κ2) is 11.1. The Labute approximate surface area is 190 Å². The fourth-order valence-corrected chi connectivity index (χ4v) is 3.72. The Hall–Kier alpha value is -2.87. The van der Waals surface area contributed by atoms with E-state index in [9.17, 15) is 4.79 Å². The summed E-state index contributed by atoms with van der Waals surface area (Å²) in [6, 6.07) is 6.50. The van der Waals surface area contributed by atoms with Crippen LogP contribution in [0.3, 0.4) is 0 Å². The molecule has 1 aliphatic rings. The number of methoxy groups -OCH3 is 1. The third kappa shape index (κ3) is 7.09. The number of carbonyl (C=O) groups excluding carboxylic acids is 1. The molecule has 0 spiro atoms. The SMILES string of the molecule is COC(=O)c1cnc(NC2CCN(Cc3cc(OC(C)C)cc(OC(C)C)c3)CC2)cn1. The van der Waals surface area contributed by atoms with Crippen LogP contribution < -0.4 is 14.8 Å². The van der Waals surface area contributed by atoms with Gasteiger partial charge in [-0.05, 0) is 58.2 Å². The van der Waals surface area contributed by atoms with E-state index in [2.05, 4.69) is 37.1 Å². The molecule has 1 aromatic carbocycles. The highest BCUT2D eigenvalue weighted by Crippen LogP contribution is 2.26. The molecule has 2 heterocycles. The Balaban J connectivity index is 1.55. The second-order valence-electron chi connectivity index (χ2n) is 8.62. The van der Waals surface area contributed by atoms with Crippen LogP contribution in [0.1, 0.15) is 56.6 Å². The summed E-state index contributed by atoms with van der Waals surface area (Å²) in [6.07, 6.45) is 5.24. The summed E-state index contributed by atoms with van der Waals surface area (Å²) in [5, 5.41) is 3.42. The number of nitrogens with one attached hydrogen (secondary N) is 1. The molecule has 0 atom stereocenters. The first-order valence-corrected chi connectivity index (χ1v) is 11.2. The van der Waals surface area contributed by atoms with E-state index in [-0.39, 0.29) is 17.9 Å². The van der Waals surface area contributed by atoms with Crippen molar-refractivity contribution in [3.63, 3.8) is 0 Å². The first-order valence-electron chi connectivity index (χ1n) is 11.2. The largest absolute Gasteiger partial charge is 0.491 e. The quantitative estimate of drug-likeness (QED) is 0.585. The van der Waals surface area contributed by atoms with Gasteiger partial charge in [0.05, 0.1) is 31.7 Å². The average molecular weight is 443 g/mol. The third-order valence-corrected chi connectivity index (χ3v) is 5.08. The number of benzene rings is 1. The maximum atomic E-state index is 11.5. The van der Waals surface area contributed by atoms with Crippen LogP contribution in [0, 0.1) is 0 Å². The molecule has 0 amide bonds. The van der Waals surface area contributed by atoms with Crippen LogP contribution >= 0.6 is 0 Å². The van der Waals surface area contributed by atoms with Gasteiger partial charge in [-0.25, -0.2) is 14.8 Å². The Kier molecular flexibility index (Phi) is 8.27. The van der Waals surface area contributed by atoms with Gasteiger partial charge in [0.2, 0.25) is 0 Å². The van der Waals surface area contributed by atoms with Crippen LogP contribution in [0.4, 0.5) is 5.82 Å². The molecule has 1 aliphatic heterocycles. The molecule has 174 valence electrons. The molecule has 1 aromatic heterocycles. The fourth-order valence-electron chi connectivity index (χ4n) is 3.72. The van der Waals surface area contributed by atoms with E-state index in [0.29, 0.717) is 11.9 Å².